The van der Waals surface area contributed by atoms with Gasteiger partial charge in [-0.3, -0.25) is 0 Å². The number of anilines is 1. The van der Waals surface area contributed by atoms with Crippen LogP contribution in [0.2, 0.25) is 5.02 Å². The number of nitrogens with one attached hydrogen (secondary N) is 1. The molecule has 152 valence electrons. The van der Waals surface area contributed by atoms with Gasteiger partial charge in [0.2, 0.25) is 0 Å². The van der Waals surface area contributed by atoms with E-state index in [2.05, 4.69) is 5.32 Å². The molecule has 28 heavy (non-hydrogen) atoms. The summed E-state index contributed by atoms with van der Waals surface area (Å²) in [4.78, 5) is 13.5. The summed E-state index contributed by atoms with van der Waals surface area (Å²) in [6.45, 7) is 2.25. The first-order chi connectivity index (χ1) is 13.2. The highest BCUT2D eigenvalue weighted by atomic mass is 35.5. The zero-order chi connectivity index (χ0) is 20.7. The topological polar surface area (TPSA) is 50.8 Å². The molecule has 0 radical (unpaired) electrons. The second-order valence-electron chi connectivity index (χ2n) is 5.79. The van der Waals surface area contributed by atoms with E-state index in [1.54, 1.807) is 31.2 Å². The molecule has 2 aromatic rings. The molecule has 0 bridgehead atoms. The number of alkyl halides is 3. The fraction of sp³-hybridized carbons (Fsp3) is 0.316. The number of rotatable bonds is 7. The average molecular weight is 417 g/mol. The molecule has 0 atom stereocenters. The smallest absolute Gasteiger partial charge is 0.418 e. The number of urea groups is 1. The van der Waals surface area contributed by atoms with Crippen molar-refractivity contribution in [1.82, 2.24) is 4.90 Å². The first-order valence-corrected chi connectivity index (χ1v) is 8.83. The predicted molar refractivity (Wildman–Crippen MR) is 101 cm³/mol. The summed E-state index contributed by atoms with van der Waals surface area (Å²) in [6.07, 6.45) is -4.63. The molecule has 1 N–H and O–H groups in total. The molecule has 2 rings (SSSR count). The van der Waals surface area contributed by atoms with Crippen LogP contribution in [0.5, 0.6) is 11.5 Å². The van der Waals surface area contributed by atoms with Gasteiger partial charge in [-0.05, 0) is 49.4 Å². The highest BCUT2D eigenvalue weighted by Crippen LogP contribution is 2.37. The Kier molecular flexibility index (Phi) is 7.39. The summed E-state index contributed by atoms with van der Waals surface area (Å²) < 4.78 is 50.4. The number of halogens is 4. The minimum absolute atomic E-state index is 0.0811. The Hall–Kier alpha value is -2.61. The third-order valence-corrected chi connectivity index (χ3v) is 3.96. The highest BCUT2D eigenvalue weighted by molar-refractivity contribution is 6.30. The van der Waals surface area contributed by atoms with Gasteiger partial charge in [0.05, 0.1) is 24.4 Å². The molecule has 0 saturated carbocycles. The van der Waals surface area contributed by atoms with E-state index in [1.807, 2.05) is 0 Å². The van der Waals surface area contributed by atoms with Crippen LogP contribution in [0.4, 0.5) is 23.7 Å². The van der Waals surface area contributed by atoms with Crippen LogP contribution in [0.25, 0.3) is 0 Å². The predicted octanol–water partition coefficient (Wildman–Crippen LogP) is 5.30. The van der Waals surface area contributed by atoms with E-state index in [0.29, 0.717) is 10.8 Å². The maximum absolute atomic E-state index is 13.3. The Labute approximate surface area is 166 Å². The molecule has 0 unspecified atom stereocenters. The lowest BCUT2D eigenvalue weighted by molar-refractivity contribution is -0.137. The van der Waals surface area contributed by atoms with Crippen LogP contribution in [0.15, 0.2) is 42.5 Å². The molecule has 0 aliphatic carbocycles. The van der Waals surface area contributed by atoms with Crippen molar-refractivity contribution in [3.05, 3.63) is 53.1 Å². The number of carbonyl (C=O) groups excluding carboxylic acids is 1. The molecule has 0 aliphatic heterocycles. The quantitative estimate of drug-likeness (QED) is 0.666. The van der Waals surface area contributed by atoms with Crippen molar-refractivity contribution in [2.24, 2.45) is 0 Å². The first-order valence-electron chi connectivity index (χ1n) is 8.45. The molecule has 0 fully saturated rings. The van der Waals surface area contributed by atoms with Gasteiger partial charge < -0.3 is 19.7 Å². The van der Waals surface area contributed by atoms with Crippen LogP contribution in [-0.2, 0) is 6.18 Å². The molecular formula is C19H20ClF3N2O3. The summed E-state index contributed by atoms with van der Waals surface area (Å²) >= 11 is 5.78. The molecule has 2 aromatic carbocycles. The van der Waals surface area contributed by atoms with Crippen LogP contribution in [-0.4, -0.2) is 37.7 Å². The van der Waals surface area contributed by atoms with E-state index in [9.17, 15) is 18.0 Å². The summed E-state index contributed by atoms with van der Waals surface area (Å²) in [5.74, 6) is 0.654. The lowest BCUT2D eigenvalue weighted by Gasteiger charge is -2.20. The van der Waals surface area contributed by atoms with Gasteiger partial charge in [0.15, 0.2) is 0 Å². The number of ether oxygens (including phenoxy) is 2. The number of likely N-dealkylation sites (N-methyl/N-ethyl adjacent to an activating group) is 1. The van der Waals surface area contributed by atoms with Crippen LogP contribution in [0.3, 0.4) is 0 Å². The number of carbonyl (C=O) groups is 1. The Morgan fingerprint density at radius 2 is 1.75 bits per heavy atom. The molecule has 0 aliphatic rings. The Balaban J connectivity index is 1.97. The number of hydrogen-bond acceptors (Lipinski definition) is 3. The zero-order valence-corrected chi connectivity index (χ0v) is 16.1. The van der Waals surface area contributed by atoms with Crippen molar-refractivity contribution >= 4 is 23.3 Å². The maximum atomic E-state index is 13.3. The van der Waals surface area contributed by atoms with Crippen molar-refractivity contribution in [2.75, 3.05) is 32.1 Å². The molecule has 0 heterocycles. The van der Waals surface area contributed by atoms with Gasteiger partial charge in [0.25, 0.3) is 0 Å². The molecule has 0 spiro atoms. The summed E-state index contributed by atoms with van der Waals surface area (Å²) in [5.41, 5.74) is -1.32. The molecule has 0 aromatic heterocycles. The van der Waals surface area contributed by atoms with E-state index >= 15 is 0 Å². The fourth-order valence-corrected chi connectivity index (χ4v) is 2.39. The van der Waals surface area contributed by atoms with Crippen molar-refractivity contribution < 1.29 is 27.4 Å². The van der Waals surface area contributed by atoms with E-state index in [0.717, 1.165) is 6.07 Å². The van der Waals surface area contributed by atoms with Gasteiger partial charge in [0.1, 0.15) is 18.1 Å². The van der Waals surface area contributed by atoms with Gasteiger partial charge in [0, 0.05) is 12.1 Å². The third-order valence-electron chi connectivity index (χ3n) is 3.70. The summed E-state index contributed by atoms with van der Waals surface area (Å²) in [5, 5.41) is 2.85. The Bertz CT molecular complexity index is 798. The maximum Gasteiger partial charge on any atom is 0.418 e. The molecule has 0 saturated heterocycles. The van der Waals surface area contributed by atoms with Crippen molar-refractivity contribution in [2.45, 2.75) is 13.1 Å². The van der Waals surface area contributed by atoms with Crippen LogP contribution >= 0.6 is 11.6 Å². The van der Waals surface area contributed by atoms with E-state index in [4.69, 9.17) is 21.1 Å². The zero-order valence-electron chi connectivity index (χ0n) is 15.3. The van der Waals surface area contributed by atoms with Crippen molar-refractivity contribution in [3.8, 4) is 11.5 Å². The fourth-order valence-electron chi connectivity index (χ4n) is 2.27. The van der Waals surface area contributed by atoms with Crippen molar-refractivity contribution in [3.63, 3.8) is 0 Å². The average Bonchev–Trinajstić information content (AvgIpc) is 2.63. The lowest BCUT2D eigenvalue weighted by Crippen LogP contribution is -2.35. The van der Waals surface area contributed by atoms with Crippen molar-refractivity contribution in [1.29, 1.82) is 0 Å². The van der Waals surface area contributed by atoms with E-state index in [-0.39, 0.29) is 31.2 Å². The normalized spacial score (nSPS) is 11.1. The lowest BCUT2D eigenvalue weighted by atomic mass is 10.1. The number of amides is 2. The molecule has 2 amide bonds. The standard InChI is InChI=1S/C19H20ClF3N2O3/c1-3-27-15-8-9-17(16(12-15)19(21,22)23)24-18(26)25(2)10-11-28-14-6-4-13(20)5-7-14/h4-9,12H,3,10-11H2,1-2H3,(H,24,26). The van der Waals surface area contributed by atoms with Crippen LogP contribution in [0, 0.1) is 0 Å². The molecule has 5 nitrogen and oxygen atoms in total. The van der Waals surface area contributed by atoms with Gasteiger partial charge in [-0.2, -0.15) is 13.2 Å². The van der Waals surface area contributed by atoms with Gasteiger partial charge in [-0.15, -0.1) is 0 Å². The Morgan fingerprint density at radius 3 is 2.36 bits per heavy atom. The summed E-state index contributed by atoms with van der Waals surface area (Å²) in [6, 6.07) is 9.41. The SMILES string of the molecule is CCOc1ccc(NC(=O)N(C)CCOc2ccc(Cl)cc2)c(C(F)(F)F)c1. The molecular weight excluding hydrogens is 397 g/mol. The third kappa shape index (κ3) is 6.23. The minimum Gasteiger partial charge on any atom is -0.494 e. The first kappa shape index (κ1) is 21.7. The minimum atomic E-state index is -4.63. The van der Waals surface area contributed by atoms with Crippen LogP contribution in [0.1, 0.15) is 12.5 Å². The number of benzene rings is 2. The van der Waals surface area contributed by atoms with Crippen LogP contribution < -0.4 is 14.8 Å². The van der Waals surface area contributed by atoms with Gasteiger partial charge >= 0.3 is 12.2 Å². The molecule has 9 heteroatoms. The monoisotopic (exact) mass is 416 g/mol. The largest absolute Gasteiger partial charge is 0.494 e. The second-order valence-corrected chi connectivity index (χ2v) is 6.23. The Morgan fingerprint density at radius 1 is 1.11 bits per heavy atom. The number of hydrogen-bond donors (Lipinski definition) is 1. The van der Waals surface area contributed by atoms with Gasteiger partial charge in [-0.25, -0.2) is 4.79 Å². The highest BCUT2D eigenvalue weighted by Gasteiger charge is 2.34. The van der Waals surface area contributed by atoms with E-state index < -0.39 is 17.8 Å². The second kappa shape index (κ2) is 9.54. The number of nitrogens with zero attached hydrogens (tertiary/aromatic N) is 1. The van der Waals surface area contributed by atoms with E-state index in [1.165, 1.54) is 24.1 Å². The summed E-state index contributed by atoms with van der Waals surface area (Å²) in [7, 11) is 1.46. The van der Waals surface area contributed by atoms with Gasteiger partial charge in [-0.1, -0.05) is 11.6 Å².